The molecule has 0 bridgehead atoms. The van der Waals surface area contributed by atoms with Gasteiger partial charge in [0.15, 0.2) is 0 Å². The maximum absolute atomic E-state index is 9.37. The predicted molar refractivity (Wildman–Crippen MR) is 60.4 cm³/mol. The predicted octanol–water partition coefficient (Wildman–Crippen LogP) is 2.46. The molecule has 0 aromatic carbocycles. The van der Waals surface area contributed by atoms with Gasteiger partial charge in [0.05, 0.1) is 6.10 Å². The molecule has 14 heavy (non-hydrogen) atoms. The van der Waals surface area contributed by atoms with Gasteiger partial charge in [-0.15, -0.1) is 0 Å². The van der Waals surface area contributed by atoms with Gasteiger partial charge < -0.3 is 10.4 Å². The summed E-state index contributed by atoms with van der Waals surface area (Å²) in [6.07, 6.45) is 9.82. The van der Waals surface area contributed by atoms with Crippen LogP contribution in [0.5, 0.6) is 0 Å². The normalized spacial score (nSPS) is 21.0. The second kappa shape index (κ2) is 7.24. The van der Waals surface area contributed by atoms with Crippen LogP contribution in [0.25, 0.3) is 0 Å². The van der Waals surface area contributed by atoms with Crippen LogP contribution >= 0.6 is 0 Å². The zero-order valence-electron chi connectivity index (χ0n) is 9.47. The van der Waals surface area contributed by atoms with Crippen LogP contribution in [-0.2, 0) is 0 Å². The molecule has 0 radical (unpaired) electrons. The van der Waals surface area contributed by atoms with Gasteiger partial charge in [-0.1, -0.05) is 26.2 Å². The molecular weight excluding hydrogens is 174 g/mol. The van der Waals surface area contributed by atoms with Crippen LogP contribution in [0, 0.1) is 0 Å². The number of aliphatic hydroxyl groups excluding tert-OH is 1. The zero-order chi connectivity index (χ0) is 10.2. The minimum absolute atomic E-state index is 0.0804. The van der Waals surface area contributed by atoms with Crippen molar-refractivity contribution >= 4 is 0 Å². The second-order valence-electron chi connectivity index (χ2n) is 4.49. The maximum Gasteiger partial charge on any atom is 0.0538 e. The molecule has 0 saturated heterocycles. The smallest absolute Gasteiger partial charge is 0.0538 e. The molecule has 1 fully saturated rings. The fourth-order valence-corrected chi connectivity index (χ4v) is 2.15. The summed E-state index contributed by atoms with van der Waals surface area (Å²) >= 11 is 0. The molecule has 1 atom stereocenters. The van der Waals surface area contributed by atoms with Gasteiger partial charge in [-0.3, -0.25) is 0 Å². The third-order valence-corrected chi connectivity index (χ3v) is 3.22. The van der Waals surface area contributed by atoms with Crippen molar-refractivity contribution < 1.29 is 5.11 Å². The van der Waals surface area contributed by atoms with Crippen molar-refractivity contribution in [3.05, 3.63) is 0 Å². The largest absolute Gasteiger partial charge is 0.393 e. The summed E-state index contributed by atoms with van der Waals surface area (Å²) in [6, 6.07) is 0.766. The Kier molecular flexibility index (Phi) is 6.20. The highest BCUT2D eigenvalue weighted by molar-refractivity contribution is 4.71. The monoisotopic (exact) mass is 199 g/mol. The van der Waals surface area contributed by atoms with Crippen molar-refractivity contribution in [1.82, 2.24) is 5.32 Å². The summed E-state index contributed by atoms with van der Waals surface area (Å²) in [6.45, 7) is 3.13. The molecule has 1 rings (SSSR count). The molecule has 0 amide bonds. The molecule has 84 valence electrons. The number of rotatable bonds is 6. The lowest BCUT2D eigenvalue weighted by atomic mass is 9.95. The highest BCUT2D eigenvalue weighted by Crippen LogP contribution is 2.17. The summed E-state index contributed by atoms with van der Waals surface area (Å²) in [7, 11) is 0. The molecule has 1 aliphatic rings. The van der Waals surface area contributed by atoms with Crippen molar-refractivity contribution in [1.29, 1.82) is 0 Å². The van der Waals surface area contributed by atoms with Gasteiger partial charge in [0, 0.05) is 6.04 Å². The number of nitrogens with one attached hydrogen (secondary N) is 1. The quantitative estimate of drug-likeness (QED) is 0.644. The highest BCUT2D eigenvalue weighted by atomic mass is 16.3. The molecule has 0 spiro atoms. The zero-order valence-corrected chi connectivity index (χ0v) is 9.47. The lowest BCUT2D eigenvalue weighted by Crippen LogP contribution is -2.32. The second-order valence-corrected chi connectivity index (χ2v) is 4.49. The highest BCUT2D eigenvalue weighted by Gasteiger charge is 2.11. The summed E-state index contributed by atoms with van der Waals surface area (Å²) in [5.74, 6) is 0. The molecule has 2 heteroatoms. The van der Waals surface area contributed by atoms with E-state index >= 15 is 0 Å². The first kappa shape index (κ1) is 12.0. The third kappa shape index (κ3) is 4.97. The van der Waals surface area contributed by atoms with Gasteiger partial charge >= 0.3 is 0 Å². The van der Waals surface area contributed by atoms with Crippen LogP contribution in [0.1, 0.15) is 58.3 Å². The fourth-order valence-electron chi connectivity index (χ4n) is 2.15. The molecule has 0 aromatic heterocycles. The van der Waals surface area contributed by atoms with Gasteiger partial charge in [0.2, 0.25) is 0 Å². The van der Waals surface area contributed by atoms with Crippen LogP contribution in [0.2, 0.25) is 0 Å². The first-order valence-corrected chi connectivity index (χ1v) is 6.24. The topological polar surface area (TPSA) is 32.3 Å². The summed E-state index contributed by atoms with van der Waals surface area (Å²) in [5.41, 5.74) is 0. The minimum Gasteiger partial charge on any atom is -0.393 e. The van der Waals surface area contributed by atoms with E-state index in [1.165, 1.54) is 32.1 Å². The molecule has 2 nitrogen and oxygen atoms in total. The van der Waals surface area contributed by atoms with Crippen LogP contribution < -0.4 is 5.32 Å². The number of hydrogen-bond acceptors (Lipinski definition) is 2. The molecule has 0 aromatic rings. The molecule has 1 saturated carbocycles. The Morgan fingerprint density at radius 3 is 2.64 bits per heavy atom. The Bertz CT molecular complexity index is 132. The van der Waals surface area contributed by atoms with Crippen LogP contribution in [0.15, 0.2) is 0 Å². The molecule has 1 unspecified atom stereocenters. The van der Waals surface area contributed by atoms with E-state index in [0.29, 0.717) is 0 Å². The van der Waals surface area contributed by atoms with Gasteiger partial charge in [-0.2, -0.15) is 0 Å². The van der Waals surface area contributed by atoms with Gasteiger partial charge in [-0.25, -0.2) is 0 Å². The minimum atomic E-state index is -0.0804. The van der Waals surface area contributed by atoms with Crippen molar-refractivity contribution in [2.24, 2.45) is 0 Å². The fraction of sp³-hybridized carbons (Fsp3) is 1.00. The van der Waals surface area contributed by atoms with Crippen molar-refractivity contribution in [2.75, 3.05) is 6.54 Å². The lowest BCUT2D eigenvalue weighted by Gasteiger charge is -2.23. The van der Waals surface area contributed by atoms with Crippen LogP contribution in [0.4, 0.5) is 0 Å². The van der Waals surface area contributed by atoms with Crippen molar-refractivity contribution in [2.45, 2.75) is 70.4 Å². The molecule has 1 aliphatic carbocycles. The first-order chi connectivity index (χ1) is 6.83. The van der Waals surface area contributed by atoms with Gasteiger partial charge in [-0.05, 0) is 38.6 Å². The van der Waals surface area contributed by atoms with E-state index in [1.54, 1.807) is 0 Å². The molecular formula is C12H25NO. The van der Waals surface area contributed by atoms with Crippen LogP contribution in [0.3, 0.4) is 0 Å². The maximum atomic E-state index is 9.37. The summed E-state index contributed by atoms with van der Waals surface area (Å²) < 4.78 is 0. The first-order valence-electron chi connectivity index (χ1n) is 6.24. The SMILES string of the molecule is CCC(O)CCCNC1CCCCC1. The molecule has 2 N–H and O–H groups in total. The van der Waals surface area contributed by atoms with E-state index in [1.807, 2.05) is 6.92 Å². The Morgan fingerprint density at radius 1 is 1.29 bits per heavy atom. The van der Waals surface area contributed by atoms with E-state index < -0.39 is 0 Å². The summed E-state index contributed by atoms with van der Waals surface area (Å²) in [4.78, 5) is 0. The van der Waals surface area contributed by atoms with E-state index in [-0.39, 0.29) is 6.10 Å². The average Bonchev–Trinajstić information content (AvgIpc) is 2.25. The summed E-state index contributed by atoms with van der Waals surface area (Å²) in [5, 5.41) is 13.0. The van der Waals surface area contributed by atoms with Crippen molar-refractivity contribution in [3.63, 3.8) is 0 Å². The molecule has 0 heterocycles. The Morgan fingerprint density at radius 2 is 2.00 bits per heavy atom. The average molecular weight is 199 g/mol. The third-order valence-electron chi connectivity index (χ3n) is 3.22. The van der Waals surface area contributed by atoms with Gasteiger partial charge in [0.25, 0.3) is 0 Å². The van der Waals surface area contributed by atoms with E-state index in [9.17, 15) is 5.11 Å². The standard InChI is InChI=1S/C12H25NO/c1-2-12(14)9-6-10-13-11-7-4-3-5-8-11/h11-14H,2-10H2,1H3. The number of hydrogen-bond donors (Lipinski definition) is 2. The Hall–Kier alpha value is -0.0800. The van der Waals surface area contributed by atoms with E-state index in [2.05, 4.69) is 5.32 Å². The number of aliphatic hydroxyl groups is 1. The Balaban J connectivity index is 1.92. The van der Waals surface area contributed by atoms with Gasteiger partial charge in [0.1, 0.15) is 0 Å². The van der Waals surface area contributed by atoms with Crippen molar-refractivity contribution in [3.8, 4) is 0 Å². The van der Waals surface area contributed by atoms with Crippen LogP contribution in [-0.4, -0.2) is 23.8 Å². The van der Waals surface area contributed by atoms with E-state index in [0.717, 1.165) is 31.8 Å². The van der Waals surface area contributed by atoms with E-state index in [4.69, 9.17) is 0 Å². The lowest BCUT2D eigenvalue weighted by molar-refractivity contribution is 0.156. The molecule has 0 aliphatic heterocycles. The Labute approximate surface area is 88.1 Å².